The molecule has 194 valence electrons. The number of hydrogen-bond acceptors (Lipinski definition) is 2. The molecule has 2 heterocycles. The average molecular weight is 567 g/mol. The summed E-state index contributed by atoms with van der Waals surface area (Å²) in [6, 6.07) is 49.6. The third-order valence-corrected chi connectivity index (χ3v) is 11.4. The number of rotatable bonds is 1. The molecule has 0 aliphatic carbocycles. The minimum absolute atomic E-state index is 1.27. The Hall–Kier alpha value is -4.76. The largest absolute Gasteiger partial charge is 0.135 e. The van der Waals surface area contributed by atoms with Gasteiger partial charge in [-0.15, -0.1) is 22.7 Å². The first-order chi connectivity index (χ1) is 20.8. The standard InChI is InChI=1S/C40H22S2/c1-2-10-23(11-3-1)31-22-25-13-5-6-14-26(25)38-37-29-17-9-18-32-35(29)34(28-16-8-19-33(36(28)37)42-40(31)38)30-21-20-24-12-4-7-15-27(24)39(30)41-32/h1-22H. The zero-order chi connectivity index (χ0) is 27.4. The first-order valence-electron chi connectivity index (χ1n) is 14.4. The molecule has 0 nitrogen and oxygen atoms in total. The first-order valence-corrected chi connectivity index (χ1v) is 16.0. The monoisotopic (exact) mass is 566 g/mol. The highest BCUT2D eigenvalue weighted by atomic mass is 32.1. The van der Waals surface area contributed by atoms with E-state index < -0.39 is 0 Å². The molecule has 2 aromatic heterocycles. The Kier molecular flexibility index (Phi) is 4.57. The fourth-order valence-electron chi connectivity index (χ4n) is 7.26. The van der Waals surface area contributed by atoms with Gasteiger partial charge in [0.2, 0.25) is 0 Å². The molecule has 42 heavy (non-hydrogen) atoms. The Morgan fingerprint density at radius 3 is 1.76 bits per heavy atom. The zero-order valence-corrected chi connectivity index (χ0v) is 24.2. The van der Waals surface area contributed by atoms with Crippen molar-refractivity contribution in [1.82, 2.24) is 0 Å². The summed E-state index contributed by atoms with van der Waals surface area (Å²) < 4.78 is 5.41. The third kappa shape index (κ3) is 2.96. The van der Waals surface area contributed by atoms with Crippen molar-refractivity contribution in [3.8, 4) is 11.1 Å². The lowest BCUT2D eigenvalue weighted by atomic mass is 9.89. The molecule has 0 aliphatic heterocycles. The van der Waals surface area contributed by atoms with E-state index in [1.54, 1.807) is 0 Å². The van der Waals surface area contributed by atoms with Gasteiger partial charge in [-0.2, -0.15) is 0 Å². The Morgan fingerprint density at radius 1 is 0.333 bits per heavy atom. The molecule has 8 aromatic carbocycles. The van der Waals surface area contributed by atoms with E-state index in [2.05, 4.69) is 133 Å². The summed E-state index contributed by atoms with van der Waals surface area (Å²) in [7, 11) is 0. The lowest BCUT2D eigenvalue weighted by Crippen LogP contribution is -1.90. The molecule has 0 radical (unpaired) electrons. The van der Waals surface area contributed by atoms with Crippen LogP contribution in [-0.4, -0.2) is 0 Å². The van der Waals surface area contributed by atoms with Crippen LogP contribution in [0.5, 0.6) is 0 Å². The van der Waals surface area contributed by atoms with Gasteiger partial charge in [0.15, 0.2) is 0 Å². The summed E-state index contributed by atoms with van der Waals surface area (Å²) in [6.07, 6.45) is 0. The normalized spacial score (nSPS) is 12.3. The Balaban J connectivity index is 1.54. The van der Waals surface area contributed by atoms with E-state index in [0.29, 0.717) is 0 Å². The Bertz CT molecular complexity index is 2720. The second kappa shape index (κ2) is 8.39. The van der Waals surface area contributed by atoms with Gasteiger partial charge >= 0.3 is 0 Å². The highest BCUT2D eigenvalue weighted by Crippen LogP contribution is 2.51. The number of hydrogen-bond donors (Lipinski definition) is 0. The van der Waals surface area contributed by atoms with Gasteiger partial charge in [0.05, 0.1) is 0 Å². The second-order valence-electron chi connectivity index (χ2n) is 11.2. The summed E-state index contributed by atoms with van der Waals surface area (Å²) in [5.74, 6) is 0. The summed E-state index contributed by atoms with van der Waals surface area (Å²) in [5, 5.41) is 16.2. The van der Waals surface area contributed by atoms with Crippen LogP contribution in [0.2, 0.25) is 0 Å². The molecule has 0 unspecified atom stereocenters. The molecular formula is C40H22S2. The van der Waals surface area contributed by atoms with Crippen LogP contribution in [0.3, 0.4) is 0 Å². The van der Waals surface area contributed by atoms with Gasteiger partial charge in [-0.3, -0.25) is 0 Å². The second-order valence-corrected chi connectivity index (χ2v) is 13.3. The summed E-state index contributed by atoms with van der Waals surface area (Å²) in [6.45, 7) is 0. The fourth-order valence-corrected chi connectivity index (χ4v) is 9.80. The molecule has 0 fully saturated rings. The van der Waals surface area contributed by atoms with Crippen LogP contribution in [0.1, 0.15) is 0 Å². The molecular weight excluding hydrogens is 545 g/mol. The smallest absolute Gasteiger partial charge is 0.0440 e. The summed E-state index contributed by atoms with van der Waals surface area (Å²) in [4.78, 5) is 0. The topological polar surface area (TPSA) is 0 Å². The van der Waals surface area contributed by atoms with Crippen molar-refractivity contribution in [1.29, 1.82) is 0 Å². The molecule has 10 aromatic rings. The van der Waals surface area contributed by atoms with Crippen molar-refractivity contribution in [2.24, 2.45) is 0 Å². The lowest BCUT2D eigenvalue weighted by molar-refractivity contribution is 1.68. The highest BCUT2D eigenvalue weighted by Gasteiger charge is 2.21. The van der Waals surface area contributed by atoms with Gasteiger partial charge in [-0.05, 0) is 56.1 Å². The third-order valence-electron chi connectivity index (χ3n) is 9.00. The minimum atomic E-state index is 1.27. The molecule has 0 N–H and O–H groups in total. The molecule has 0 amide bonds. The molecule has 0 saturated carbocycles. The number of benzene rings is 8. The molecule has 2 heteroatoms. The van der Waals surface area contributed by atoms with E-state index in [9.17, 15) is 0 Å². The van der Waals surface area contributed by atoms with E-state index in [4.69, 9.17) is 0 Å². The molecule has 0 saturated heterocycles. The lowest BCUT2D eigenvalue weighted by Gasteiger charge is -2.20. The van der Waals surface area contributed by atoms with Crippen molar-refractivity contribution in [2.75, 3.05) is 0 Å². The minimum Gasteiger partial charge on any atom is -0.135 e. The predicted molar refractivity (Wildman–Crippen MR) is 188 cm³/mol. The van der Waals surface area contributed by atoms with Gasteiger partial charge < -0.3 is 0 Å². The van der Waals surface area contributed by atoms with Crippen molar-refractivity contribution in [2.45, 2.75) is 0 Å². The van der Waals surface area contributed by atoms with Crippen LogP contribution in [0.15, 0.2) is 133 Å². The molecule has 0 atom stereocenters. The number of fused-ring (bicyclic) bond motifs is 10. The van der Waals surface area contributed by atoms with Gasteiger partial charge in [-0.25, -0.2) is 0 Å². The van der Waals surface area contributed by atoms with E-state index in [1.807, 2.05) is 22.7 Å². The van der Waals surface area contributed by atoms with Crippen LogP contribution in [0, 0.1) is 0 Å². The maximum Gasteiger partial charge on any atom is 0.0440 e. The molecule has 0 spiro atoms. The summed E-state index contributed by atoms with van der Waals surface area (Å²) in [5.41, 5.74) is 2.57. The maximum absolute atomic E-state index is 2.39. The van der Waals surface area contributed by atoms with E-state index in [0.717, 1.165) is 0 Å². The Labute approximate surface area is 249 Å². The van der Waals surface area contributed by atoms with Crippen molar-refractivity contribution in [3.63, 3.8) is 0 Å². The van der Waals surface area contributed by atoms with Crippen LogP contribution >= 0.6 is 22.7 Å². The van der Waals surface area contributed by atoms with Crippen molar-refractivity contribution >= 4 is 106 Å². The quantitative estimate of drug-likeness (QED) is 0.137. The van der Waals surface area contributed by atoms with E-state index in [-0.39, 0.29) is 0 Å². The van der Waals surface area contributed by atoms with Gasteiger partial charge in [-0.1, -0.05) is 115 Å². The summed E-state index contributed by atoms with van der Waals surface area (Å²) >= 11 is 3.87. The maximum atomic E-state index is 2.39. The van der Waals surface area contributed by atoms with Crippen molar-refractivity contribution in [3.05, 3.63) is 133 Å². The van der Waals surface area contributed by atoms with Crippen LogP contribution in [-0.2, 0) is 0 Å². The van der Waals surface area contributed by atoms with E-state index >= 15 is 0 Å². The van der Waals surface area contributed by atoms with Crippen molar-refractivity contribution < 1.29 is 0 Å². The molecule has 0 bridgehead atoms. The van der Waals surface area contributed by atoms with Gasteiger partial charge in [0.1, 0.15) is 0 Å². The molecule has 0 aliphatic rings. The molecule has 10 rings (SSSR count). The van der Waals surface area contributed by atoms with Crippen LogP contribution < -0.4 is 0 Å². The van der Waals surface area contributed by atoms with Crippen LogP contribution in [0.4, 0.5) is 0 Å². The van der Waals surface area contributed by atoms with Crippen LogP contribution in [0.25, 0.3) is 94.6 Å². The van der Waals surface area contributed by atoms with Gasteiger partial charge in [0.25, 0.3) is 0 Å². The highest BCUT2D eigenvalue weighted by molar-refractivity contribution is 7.26. The van der Waals surface area contributed by atoms with E-state index in [1.165, 1.54) is 94.6 Å². The Morgan fingerprint density at radius 2 is 0.952 bits per heavy atom. The zero-order valence-electron chi connectivity index (χ0n) is 22.5. The fraction of sp³-hybridized carbons (Fsp3) is 0. The first kappa shape index (κ1) is 22.9. The predicted octanol–water partition coefficient (Wildman–Crippen LogP) is 12.7. The SMILES string of the molecule is c1ccc(-c2cc3ccccc3c3c2sc2cccc4c2c3c2cccc3sc5c6ccccc6ccc5c4c32)cc1. The average Bonchev–Trinajstić information content (AvgIpc) is 3.05. The van der Waals surface area contributed by atoms with Gasteiger partial charge in [0, 0.05) is 56.7 Å².